The summed E-state index contributed by atoms with van der Waals surface area (Å²) < 4.78 is 5.05. The monoisotopic (exact) mass is 492 g/mol. The van der Waals surface area contributed by atoms with Crippen LogP contribution in [0.5, 0.6) is 0 Å². The van der Waals surface area contributed by atoms with Crippen LogP contribution >= 0.6 is 0 Å². The van der Waals surface area contributed by atoms with Gasteiger partial charge in [0.25, 0.3) is 6.71 Å². The van der Waals surface area contributed by atoms with Gasteiger partial charge in [0, 0.05) is 38.4 Å². The van der Waals surface area contributed by atoms with Gasteiger partial charge in [0.1, 0.15) is 0 Å². The normalized spacial score (nSPS) is 13.1. The predicted molar refractivity (Wildman–Crippen MR) is 165 cm³/mol. The summed E-state index contributed by atoms with van der Waals surface area (Å²) >= 11 is 0. The molecule has 10 rings (SSSR count). The molecule has 8 aromatic rings. The summed E-state index contributed by atoms with van der Waals surface area (Å²) in [7, 11) is 0. The average molecular weight is 492 g/mol. The first-order valence-electron chi connectivity index (χ1n) is 13.7. The molecule has 2 nitrogen and oxygen atoms in total. The van der Waals surface area contributed by atoms with Crippen molar-refractivity contribution in [2.24, 2.45) is 0 Å². The summed E-state index contributed by atoms with van der Waals surface area (Å²) in [4.78, 5) is 0. The molecular formula is C36H21BN2. The van der Waals surface area contributed by atoms with Crippen molar-refractivity contribution < 1.29 is 0 Å². The van der Waals surface area contributed by atoms with Gasteiger partial charge < -0.3 is 9.13 Å². The zero-order valence-electron chi connectivity index (χ0n) is 21.1. The van der Waals surface area contributed by atoms with Crippen LogP contribution in [0.4, 0.5) is 0 Å². The quantitative estimate of drug-likeness (QED) is 0.226. The average Bonchev–Trinajstić information content (AvgIpc) is 3.52. The third-order valence-corrected chi connectivity index (χ3v) is 9.11. The van der Waals surface area contributed by atoms with Gasteiger partial charge in [-0.15, -0.1) is 0 Å². The smallest absolute Gasteiger partial charge is 0.252 e. The molecule has 0 amide bonds. The summed E-state index contributed by atoms with van der Waals surface area (Å²) in [6.45, 7) is 0.200. The number of benzene rings is 6. The molecule has 178 valence electrons. The highest BCUT2D eigenvalue weighted by molar-refractivity contribution is 7.00. The lowest BCUT2D eigenvalue weighted by molar-refractivity contribution is 1.16. The minimum atomic E-state index is 0.200. The maximum absolute atomic E-state index is 2.53. The molecule has 0 aliphatic carbocycles. The van der Waals surface area contributed by atoms with E-state index in [0.717, 1.165) is 0 Å². The molecule has 0 unspecified atom stereocenters. The summed E-state index contributed by atoms with van der Waals surface area (Å²) in [5.74, 6) is 0. The maximum atomic E-state index is 2.53. The zero-order chi connectivity index (χ0) is 25.2. The summed E-state index contributed by atoms with van der Waals surface area (Å²) in [6.07, 6.45) is 0. The maximum Gasteiger partial charge on any atom is 0.252 e. The number of fused-ring (bicyclic) bond motifs is 11. The molecular weight excluding hydrogens is 471 g/mol. The van der Waals surface area contributed by atoms with Crippen LogP contribution in [-0.4, -0.2) is 15.8 Å². The van der Waals surface area contributed by atoms with E-state index in [0.29, 0.717) is 0 Å². The minimum absolute atomic E-state index is 0.200. The molecule has 4 heterocycles. The Kier molecular flexibility index (Phi) is 3.54. The third-order valence-electron chi connectivity index (χ3n) is 9.11. The van der Waals surface area contributed by atoms with Gasteiger partial charge in [-0.25, -0.2) is 0 Å². The van der Waals surface area contributed by atoms with Crippen LogP contribution in [0, 0.1) is 0 Å². The van der Waals surface area contributed by atoms with Crippen LogP contribution < -0.4 is 16.4 Å². The topological polar surface area (TPSA) is 9.86 Å². The highest BCUT2D eigenvalue weighted by atomic mass is 15.0. The van der Waals surface area contributed by atoms with E-state index in [1.54, 1.807) is 0 Å². The van der Waals surface area contributed by atoms with Crippen LogP contribution in [0.25, 0.3) is 66.1 Å². The lowest BCUT2D eigenvalue weighted by atomic mass is 9.34. The van der Waals surface area contributed by atoms with E-state index < -0.39 is 0 Å². The standard InChI is InChI=1S/C36H21BN2/c1-2-9-22(10-3-1)23-17-19-31-27(21-23)26-18-20-33-34-36(26)38(31)32-16-7-5-13-28(32)37(34)29-14-8-12-25-24-11-4-6-15-30(24)39(33)35(25)29/h1-21H. The van der Waals surface area contributed by atoms with Crippen molar-refractivity contribution in [3.05, 3.63) is 127 Å². The van der Waals surface area contributed by atoms with Crippen molar-refractivity contribution in [3.8, 4) is 22.5 Å². The highest BCUT2D eigenvalue weighted by Crippen LogP contribution is 2.40. The fraction of sp³-hybridized carbons (Fsp3) is 0. The van der Waals surface area contributed by atoms with Gasteiger partial charge in [-0.3, -0.25) is 0 Å². The Hall–Kier alpha value is -5.02. The van der Waals surface area contributed by atoms with E-state index in [2.05, 4.69) is 137 Å². The number of hydrogen-bond acceptors (Lipinski definition) is 0. The second-order valence-electron chi connectivity index (χ2n) is 10.9. The second-order valence-corrected chi connectivity index (χ2v) is 10.9. The van der Waals surface area contributed by atoms with Gasteiger partial charge in [-0.05, 0) is 57.8 Å². The van der Waals surface area contributed by atoms with Crippen LogP contribution in [-0.2, 0) is 0 Å². The molecule has 2 aromatic heterocycles. The summed E-state index contributed by atoms with van der Waals surface area (Å²) in [5.41, 5.74) is 14.6. The molecule has 0 spiro atoms. The Balaban J connectivity index is 1.43. The van der Waals surface area contributed by atoms with E-state index in [1.807, 2.05) is 0 Å². The lowest BCUT2D eigenvalue weighted by Crippen LogP contribution is -2.59. The molecule has 0 N–H and O–H groups in total. The van der Waals surface area contributed by atoms with Gasteiger partial charge in [-0.1, -0.05) is 97.1 Å². The minimum Gasteiger partial charge on any atom is -0.310 e. The van der Waals surface area contributed by atoms with E-state index in [-0.39, 0.29) is 6.71 Å². The Labute approximate surface area is 225 Å². The Morgan fingerprint density at radius 1 is 0.410 bits per heavy atom. The molecule has 6 aromatic carbocycles. The summed E-state index contributed by atoms with van der Waals surface area (Å²) in [6, 6.07) is 47.2. The van der Waals surface area contributed by atoms with Crippen molar-refractivity contribution in [1.29, 1.82) is 0 Å². The van der Waals surface area contributed by atoms with Crippen molar-refractivity contribution in [1.82, 2.24) is 9.13 Å². The first-order chi connectivity index (χ1) is 19.4. The van der Waals surface area contributed by atoms with E-state index in [1.165, 1.54) is 82.5 Å². The molecule has 0 bridgehead atoms. The second kappa shape index (κ2) is 6.89. The fourth-order valence-corrected chi connectivity index (χ4v) is 7.60. The van der Waals surface area contributed by atoms with Crippen LogP contribution in [0.15, 0.2) is 127 Å². The van der Waals surface area contributed by atoms with Crippen LogP contribution in [0.2, 0.25) is 0 Å². The van der Waals surface area contributed by atoms with E-state index in [9.17, 15) is 0 Å². The molecule has 0 radical (unpaired) electrons. The third kappa shape index (κ3) is 2.31. The number of nitrogens with zero attached hydrogens (tertiary/aromatic N) is 2. The van der Waals surface area contributed by atoms with Gasteiger partial charge in [-0.2, -0.15) is 0 Å². The SMILES string of the molecule is c1ccc(-c2ccc3c(c2)c2ccc4c5c2n3-c2ccccc2B5c2cccc3c5ccccc5n-4c23)cc1. The molecule has 0 saturated heterocycles. The van der Waals surface area contributed by atoms with Gasteiger partial charge >= 0.3 is 0 Å². The predicted octanol–water partition coefficient (Wildman–Crippen LogP) is 6.69. The van der Waals surface area contributed by atoms with Crippen LogP contribution in [0.3, 0.4) is 0 Å². The van der Waals surface area contributed by atoms with E-state index >= 15 is 0 Å². The van der Waals surface area contributed by atoms with Gasteiger partial charge in [0.05, 0.1) is 16.6 Å². The van der Waals surface area contributed by atoms with Gasteiger partial charge in [0.15, 0.2) is 0 Å². The van der Waals surface area contributed by atoms with Crippen molar-refractivity contribution in [2.45, 2.75) is 0 Å². The molecule has 0 atom stereocenters. The molecule has 0 saturated carbocycles. The highest BCUT2D eigenvalue weighted by Gasteiger charge is 2.40. The largest absolute Gasteiger partial charge is 0.310 e. The first-order valence-corrected chi connectivity index (χ1v) is 13.7. The molecule has 3 heteroatoms. The van der Waals surface area contributed by atoms with Crippen LogP contribution in [0.1, 0.15) is 0 Å². The molecule has 2 aliphatic heterocycles. The first kappa shape index (κ1) is 20.0. The number of para-hydroxylation sites is 3. The Bertz CT molecular complexity index is 2340. The van der Waals surface area contributed by atoms with Crippen molar-refractivity contribution in [2.75, 3.05) is 0 Å². The Morgan fingerprint density at radius 2 is 1.13 bits per heavy atom. The Morgan fingerprint density at radius 3 is 2.08 bits per heavy atom. The van der Waals surface area contributed by atoms with E-state index in [4.69, 9.17) is 0 Å². The zero-order valence-corrected chi connectivity index (χ0v) is 21.1. The summed E-state index contributed by atoms with van der Waals surface area (Å²) in [5, 5.41) is 5.30. The molecule has 39 heavy (non-hydrogen) atoms. The van der Waals surface area contributed by atoms with Gasteiger partial charge in [0.2, 0.25) is 0 Å². The molecule has 0 fully saturated rings. The lowest BCUT2D eigenvalue weighted by Gasteiger charge is -2.33. The van der Waals surface area contributed by atoms with Crippen molar-refractivity contribution in [3.63, 3.8) is 0 Å². The number of hydrogen-bond donors (Lipinski definition) is 0. The number of rotatable bonds is 1. The van der Waals surface area contributed by atoms with Crippen molar-refractivity contribution >= 4 is 66.7 Å². The molecule has 2 aliphatic rings. The number of aromatic nitrogens is 2. The fourth-order valence-electron chi connectivity index (χ4n) is 7.60.